The van der Waals surface area contributed by atoms with Crippen molar-refractivity contribution < 1.29 is 9.53 Å². The van der Waals surface area contributed by atoms with E-state index in [0.29, 0.717) is 5.13 Å². The Bertz CT molecular complexity index is 666. The lowest BCUT2D eigenvalue weighted by Gasteiger charge is -2.06. The SMILES string of the molecule is COc1ccc(/C=C/C(=O)Nc2nc3c(s2)CCCC3)cc1. The van der Waals surface area contributed by atoms with Crippen LogP contribution in [0.5, 0.6) is 5.75 Å². The molecule has 0 aliphatic heterocycles. The van der Waals surface area contributed by atoms with Crippen LogP contribution < -0.4 is 10.1 Å². The molecule has 22 heavy (non-hydrogen) atoms. The predicted octanol–water partition coefficient (Wildman–Crippen LogP) is 3.68. The molecule has 2 aromatic rings. The van der Waals surface area contributed by atoms with Gasteiger partial charge in [0.1, 0.15) is 5.75 Å². The number of hydrogen-bond acceptors (Lipinski definition) is 4. The summed E-state index contributed by atoms with van der Waals surface area (Å²) in [5.74, 6) is 0.650. The normalized spacial score (nSPS) is 13.9. The van der Waals surface area contributed by atoms with Gasteiger partial charge in [-0.2, -0.15) is 0 Å². The third-order valence-corrected chi connectivity index (χ3v) is 4.69. The quantitative estimate of drug-likeness (QED) is 0.876. The molecule has 0 radical (unpaired) electrons. The number of aromatic nitrogens is 1. The first-order chi connectivity index (χ1) is 10.7. The van der Waals surface area contributed by atoms with E-state index in [-0.39, 0.29) is 5.91 Å². The average Bonchev–Trinajstić information content (AvgIpc) is 2.95. The number of aryl methyl sites for hydroxylation is 2. The van der Waals surface area contributed by atoms with Gasteiger partial charge in [0.2, 0.25) is 5.91 Å². The Labute approximate surface area is 133 Å². The number of fused-ring (bicyclic) bond motifs is 1. The molecule has 0 saturated heterocycles. The van der Waals surface area contributed by atoms with Crippen molar-refractivity contribution in [1.29, 1.82) is 0 Å². The molecule has 0 atom stereocenters. The van der Waals surface area contributed by atoms with Crippen molar-refractivity contribution in [3.8, 4) is 5.75 Å². The molecule has 0 saturated carbocycles. The predicted molar refractivity (Wildman–Crippen MR) is 89.4 cm³/mol. The zero-order valence-electron chi connectivity index (χ0n) is 12.5. The summed E-state index contributed by atoms with van der Waals surface area (Å²) < 4.78 is 5.10. The number of thiazole rings is 1. The smallest absolute Gasteiger partial charge is 0.250 e. The highest BCUT2D eigenvalue weighted by atomic mass is 32.1. The van der Waals surface area contributed by atoms with E-state index in [4.69, 9.17) is 4.74 Å². The van der Waals surface area contributed by atoms with Crippen LogP contribution in [0.3, 0.4) is 0 Å². The van der Waals surface area contributed by atoms with Gasteiger partial charge in [-0.25, -0.2) is 4.98 Å². The summed E-state index contributed by atoms with van der Waals surface area (Å²) in [5.41, 5.74) is 2.11. The van der Waals surface area contributed by atoms with E-state index < -0.39 is 0 Å². The van der Waals surface area contributed by atoms with Gasteiger partial charge in [-0.15, -0.1) is 11.3 Å². The highest BCUT2D eigenvalue weighted by molar-refractivity contribution is 7.15. The number of nitrogens with zero attached hydrogens (tertiary/aromatic N) is 1. The highest BCUT2D eigenvalue weighted by Gasteiger charge is 2.15. The second kappa shape index (κ2) is 6.75. The Kier molecular flexibility index (Phi) is 4.53. The molecule has 1 N–H and O–H groups in total. The minimum absolute atomic E-state index is 0.151. The Morgan fingerprint density at radius 3 is 2.77 bits per heavy atom. The summed E-state index contributed by atoms with van der Waals surface area (Å²) in [6, 6.07) is 7.55. The van der Waals surface area contributed by atoms with Gasteiger partial charge < -0.3 is 4.74 Å². The summed E-state index contributed by atoms with van der Waals surface area (Å²) in [5, 5.41) is 3.55. The molecule has 0 fully saturated rings. The van der Waals surface area contributed by atoms with E-state index in [1.54, 1.807) is 24.5 Å². The van der Waals surface area contributed by atoms with E-state index in [0.717, 1.165) is 29.8 Å². The van der Waals surface area contributed by atoms with E-state index in [1.165, 1.54) is 23.8 Å². The van der Waals surface area contributed by atoms with Crippen LogP contribution in [0.4, 0.5) is 5.13 Å². The minimum Gasteiger partial charge on any atom is -0.497 e. The van der Waals surface area contributed by atoms with Gasteiger partial charge in [-0.1, -0.05) is 12.1 Å². The van der Waals surface area contributed by atoms with Crippen molar-refractivity contribution in [3.05, 3.63) is 46.5 Å². The zero-order valence-corrected chi connectivity index (χ0v) is 13.3. The number of nitrogens with one attached hydrogen (secondary N) is 1. The molecule has 1 amide bonds. The lowest BCUT2D eigenvalue weighted by atomic mass is 10.0. The van der Waals surface area contributed by atoms with Crippen molar-refractivity contribution >= 4 is 28.5 Å². The number of rotatable bonds is 4. The topological polar surface area (TPSA) is 51.2 Å². The van der Waals surface area contributed by atoms with Crippen molar-refractivity contribution in [1.82, 2.24) is 4.98 Å². The van der Waals surface area contributed by atoms with Crippen molar-refractivity contribution in [3.63, 3.8) is 0 Å². The van der Waals surface area contributed by atoms with Crippen LogP contribution in [0, 0.1) is 0 Å². The summed E-state index contributed by atoms with van der Waals surface area (Å²) in [6.07, 6.45) is 7.85. The molecule has 1 aromatic carbocycles. The first-order valence-electron chi connectivity index (χ1n) is 7.36. The second-order valence-electron chi connectivity index (χ2n) is 5.19. The summed E-state index contributed by atoms with van der Waals surface area (Å²) in [6.45, 7) is 0. The fourth-order valence-corrected chi connectivity index (χ4v) is 3.49. The Hall–Kier alpha value is -2.14. The first kappa shape index (κ1) is 14.8. The van der Waals surface area contributed by atoms with Crippen molar-refractivity contribution in [2.45, 2.75) is 25.7 Å². The third-order valence-electron chi connectivity index (χ3n) is 3.62. The molecule has 0 spiro atoms. The molecule has 5 heteroatoms. The zero-order chi connectivity index (χ0) is 15.4. The molecule has 3 rings (SSSR count). The third kappa shape index (κ3) is 3.54. The highest BCUT2D eigenvalue weighted by Crippen LogP contribution is 2.29. The van der Waals surface area contributed by atoms with Crippen LogP contribution in [0.15, 0.2) is 30.3 Å². The number of anilines is 1. The fraction of sp³-hybridized carbons (Fsp3) is 0.294. The van der Waals surface area contributed by atoms with Crippen LogP contribution in [0.1, 0.15) is 29.0 Å². The minimum atomic E-state index is -0.151. The molecule has 1 aliphatic rings. The number of methoxy groups -OCH3 is 1. The lowest BCUT2D eigenvalue weighted by Crippen LogP contribution is -2.07. The van der Waals surface area contributed by atoms with Crippen LogP contribution in [0.2, 0.25) is 0 Å². The number of benzene rings is 1. The summed E-state index contributed by atoms with van der Waals surface area (Å²) in [7, 11) is 1.63. The van der Waals surface area contributed by atoms with E-state index in [1.807, 2.05) is 24.3 Å². The number of amides is 1. The Morgan fingerprint density at radius 1 is 1.27 bits per heavy atom. The standard InChI is InChI=1S/C17H18N2O2S/c1-21-13-9-6-12(7-10-13)8-11-16(20)19-17-18-14-4-2-3-5-15(14)22-17/h6-11H,2-5H2,1H3,(H,18,19,20)/b11-8+. The van der Waals surface area contributed by atoms with Crippen LogP contribution in [-0.4, -0.2) is 18.0 Å². The molecule has 4 nitrogen and oxygen atoms in total. The summed E-state index contributed by atoms with van der Waals surface area (Å²) >= 11 is 1.60. The van der Waals surface area contributed by atoms with Crippen LogP contribution in [-0.2, 0) is 17.6 Å². The van der Waals surface area contributed by atoms with Gasteiger partial charge in [-0.3, -0.25) is 10.1 Å². The number of carbonyl (C=O) groups is 1. The second-order valence-corrected chi connectivity index (χ2v) is 6.28. The Morgan fingerprint density at radius 2 is 2.05 bits per heavy atom. The molecular formula is C17H18N2O2S. The first-order valence-corrected chi connectivity index (χ1v) is 8.18. The maximum atomic E-state index is 12.0. The number of ether oxygens (including phenoxy) is 1. The van der Waals surface area contributed by atoms with Gasteiger partial charge >= 0.3 is 0 Å². The molecule has 1 heterocycles. The average molecular weight is 314 g/mol. The number of hydrogen-bond donors (Lipinski definition) is 1. The lowest BCUT2D eigenvalue weighted by molar-refractivity contribution is -0.111. The largest absolute Gasteiger partial charge is 0.497 e. The summed E-state index contributed by atoms with van der Waals surface area (Å²) in [4.78, 5) is 17.8. The van der Waals surface area contributed by atoms with Gasteiger partial charge in [0.25, 0.3) is 0 Å². The van der Waals surface area contributed by atoms with Gasteiger partial charge in [0.05, 0.1) is 12.8 Å². The molecule has 114 valence electrons. The Balaban J connectivity index is 1.61. The molecule has 1 aliphatic carbocycles. The molecule has 0 unspecified atom stereocenters. The molecular weight excluding hydrogens is 296 g/mol. The van der Waals surface area contributed by atoms with Crippen LogP contribution in [0.25, 0.3) is 6.08 Å². The maximum Gasteiger partial charge on any atom is 0.250 e. The van der Waals surface area contributed by atoms with E-state index >= 15 is 0 Å². The van der Waals surface area contributed by atoms with E-state index in [2.05, 4.69) is 10.3 Å². The monoisotopic (exact) mass is 314 g/mol. The van der Waals surface area contributed by atoms with Gasteiger partial charge in [-0.05, 0) is 49.5 Å². The fourth-order valence-electron chi connectivity index (χ4n) is 2.44. The van der Waals surface area contributed by atoms with Crippen molar-refractivity contribution in [2.24, 2.45) is 0 Å². The molecule has 1 aromatic heterocycles. The maximum absolute atomic E-state index is 12.0. The molecule has 0 bridgehead atoms. The van der Waals surface area contributed by atoms with Gasteiger partial charge in [0, 0.05) is 11.0 Å². The van der Waals surface area contributed by atoms with Crippen LogP contribution >= 0.6 is 11.3 Å². The van der Waals surface area contributed by atoms with Crippen molar-refractivity contribution in [2.75, 3.05) is 12.4 Å². The van der Waals surface area contributed by atoms with E-state index in [9.17, 15) is 4.79 Å². The van der Waals surface area contributed by atoms with Gasteiger partial charge in [0.15, 0.2) is 5.13 Å². The number of carbonyl (C=O) groups excluding carboxylic acids is 1.